The van der Waals surface area contributed by atoms with E-state index in [2.05, 4.69) is 36.5 Å². The van der Waals surface area contributed by atoms with Gasteiger partial charge in [0.25, 0.3) is 0 Å². The molecule has 1 aromatic carbocycles. The van der Waals surface area contributed by atoms with Crippen LogP contribution in [0.3, 0.4) is 0 Å². The molecular formula is C15H23NO. The second-order valence-corrected chi connectivity index (χ2v) is 5.05. The maximum Gasteiger partial charge on any atom is 0.0587 e. The highest BCUT2D eigenvalue weighted by Crippen LogP contribution is 2.42. The Hall–Kier alpha value is -0.860. The molecule has 0 bridgehead atoms. The fourth-order valence-electron chi connectivity index (χ4n) is 2.39. The molecule has 0 aliphatic heterocycles. The number of benzene rings is 1. The van der Waals surface area contributed by atoms with Gasteiger partial charge in [0.2, 0.25) is 0 Å². The molecule has 1 N–H and O–H groups in total. The van der Waals surface area contributed by atoms with Crippen molar-refractivity contribution in [2.75, 3.05) is 26.8 Å². The van der Waals surface area contributed by atoms with E-state index in [0.29, 0.717) is 5.92 Å². The topological polar surface area (TPSA) is 21.3 Å². The zero-order chi connectivity index (χ0) is 12.1. The Morgan fingerprint density at radius 3 is 2.88 bits per heavy atom. The molecule has 0 amide bonds. The fraction of sp³-hybridized carbons (Fsp3) is 0.600. The lowest BCUT2D eigenvalue weighted by Gasteiger charge is -2.18. The van der Waals surface area contributed by atoms with E-state index in [4.69, 9.17) is 4.74 Å². The number of hydrogen-bond donors (Lipinski definition) is 1. The van der Waals surface area contributed by atoms with E-state index in [0.717, 1.165) is 25.6 Å². The largest absolute Gasteiger partial charge is 0.383 e. The minimum Gasteiger partial charge on any atom is -0.383 e. The first kappa shape index (κ1) is 12.6. The lowest BCUT2D eigenvalue weighted by atomic mass is 9.93. The number of rotatable bonds is 7. The van der Waals surface area contributed by atoms with Crippen LogP contribution in [-0.4, -0.2) is 26.8 Å². The van der Waals surface area contributed by atoms with Crippen LogP contribution in [0.1, 0.15) is 29.9 Å². The number of hydrogen-bond acceptors (Lipinski definition) is 2. The molecule has 1 aromatic rings. The molecule has 94 valence electrons. The van der Waals surface area contributed by atoms with Gasteiger partial charge in [-0.1, -0.05) is 29.8 Å². The molecule has 2 rings (SSSR count). The van der Waals surface area contributed by atoms with Gasteiger partial charge < -0.3 is 10.1 Å². The average molecular weight is 233 g/mol. The Kier molecular flexibility index (Phi) is 4.57. The highest BCUT2D eigenvalue weighted by atomic mass is 16.5. The van der Waals surface area contributed by atoms with E-state index in [-0.39, 0.29) is 0 Å². The zero-order valence-corrected chi connectivity index (χ0v) is 10.9. The molecule has 17 heavy (non-hydrogen) atoms. The second kappa shape index (κ2) is 6.18. The Morgan fingerprint density at radius 1 is 1.41 bits per heavy atom. The van der Waals surface area contributed by atoms with E-state index in [1.54, 1.807) is 7.11 Å². The van der Waals surface area contributed by atoms with Crippen molar-refractivity contribution < 1.29 is 4.74 Å². The Balaban J connectivity index is 1.92. The van der Waals surface area contributed by atoms with Crippen LogP contribution < -0.4 is 5.32 Å². The summed E-state index contributed by atoms with van der Waals surface area (Å²) in [5.74, 6) is 1.58. The van der Waals surface area contributed by atoms with Crippen molar-refractivity contribution in [3.05, 3.63) is 35.4 Å². The normalized spacial score (nSPS) is 17.1. The summed E-state index contributed by atoms with van der Waals surface area (Å²) in [5, 5.41) is 3.50. The van der Waals surface area contributed by atoms with Crippen LogP contribution in [0.4, 0.5) is 0 Å². The summed E-state index contributed by atoms with van der Waals surface area (Å²) in [6.07, 6.45) is 2.79. The Labute approximate surface area is 104 Å². The fourth-order valence-corrected chi connectivity index (χ4v) is 2.39. The molecule has 0 saturated heterocycles. The van der Waals surface area contributed by atoms with Gasteiger partial charge >= 0.3 is 0 Å². The van der Waals surface area contributed by atoms with Gasteiger partial charge in [0.15, 0.2) is 0 Å². The number of aryl methyl sites for hydroxylation is 1. The standard InChI is InChI=1S/C15H23NO/c1-12-4-3-5-14(10-12)15(13-6-7-13)11-16-8-9-17-2/h3-5,10,13,15-16H,6-9,11H2,1-2H3. The summed E-state index contributed by atoms with van der Waals surface area (Å²) in [7, 11) is 1.75. The van der Waals surface area contributed by atoms with Crippen LogP contribution in [0.5, 0.6) is 0 Å². The van der Waals surface area contributed by atoms with Crippen LogP contribution in [0.15, 0.2) is 24.3 Å². The SMILES string of the molecule is COCCNCC(c1cccc(C)c1)C1CC1. The molecule has 0 heterocycles. The van der Waals surface area contributed by atoms with E-state index >= 15 is 0 Å². The maximum absolute atomic E-state index is 5.06. The van der Waals surface area contributed by atoms with Crippen molar-refractivity contribution in [2.24, 2.45) is 5.92 Å². The van der Waals surface area contributed by atoms with Gasteiger partial charge in [-0.15, -0.1) is 0 Å². The van der Waals surface area contributed by atoms with Crippen molar-refractivity contribution in [3.8, 4) is 0 Å². The van der Waals surface area contributed by atoms with Gasteiger partial charge in [-0.3, -0.25) is 0 Å². The summed E-state index contributed by atoms with van der Waals surface area (Å²) in [6.45, 7) is 5.00. The van der Waals surface area contributed by atoms with E-state index < -0.39 is 0 Å². The van der Waals surface area contributed by atoms with Crippen LogP contribution in [0.2, 0.25) is 0 Å². The highest BCUT2D eigenvalue weighted by Gasteiger charge is 2.31. The lowest BCUT2D eigenvalue weighted by Crippen LogP contribution is -2.26. The van der Waals surface area contributed by atoms with E-state index in [1.165, 1.54) is 24.0 Å². The van der Waals surface area contributed by atoms with Crippen molar-refractivity contribution in [3.63, 3.8) is 0 Å². The van der Waals surface area contributed by atoms with Gasteiger partial charge in [0, 0.05) is 20.2 Å². The molecule has 1 aliphatic carbocycles. The first-order valence-electron chi connectivity index (χ1n) is 6.57. The molecule has 2 nitrogen and oxygen atoms in total. The molecule has 1 atom stereocenters. The molecule has 0 radical (unpaired) electrons. The van der Waals surface area contributed by atoms with Crippen LogP contribution in [0.25, 0.3) is 0 Å². The first-order valence-corrected chi connectivity index (χ1v) is 6.57. The lowest BCUT2D eigenvalue weighted by molar-refractivity contribution is 0.198. The predicted molar refractivity (Wildman–Crippen MR) is 71.4 cm³/mol. The summed E-state index contributed by atoms with van der Waals surface area (Å²) in [4.78, 5) is 0. The molecule has 0 aromatic heterocycles. The van der Waals surface area contributed by atoms with Gasteiger partial charge in [-0.25, -0.2) is 0 Å². The minimum atomic E-state index is 0.687. The van der Waals surface area contributed by atoms with Gasteiger partial charge in [0.1, 0.15) is 0 Å². The zero-order valence-electron chi connectivity index (χ0n) is 10.9. The molecular weight excluding hydrogens is 210 g/mol. The van der Waals surface area contributed by atoms with E-state index in [1.807, 2.05) is 0 Å². The second-order valence-electron chi connectivity index (χ2n) is 5.05. The summed E-state index contributed by atoms with van der Waals surface area (Å²) in [5.41, 5.74) is 2.86. The summed E-state index contributed by atoms with van der Waals surface area (Å²) >= 11 is 0. The Bertz CT molecular complexity index is 347. The van der Waals surface area contributed by atoms with Crippen LogP contribution in [0, 0.1) is 12.8 Å². The highest BCUT2D eigenvalue weighted by molar-refractivity contribution is 5.27. The van der Waals surface area contributed by atoms with Crippen molar-refractivity contribution in [1.29, 1.82) is 0 Å². The van der Waals surface area contributed by atoms with Gasteiger partial charge in [0.05, 0.1) is 6.61 Å². The summed E-state index contributed by atoms with van der Waals surface area (Å²) < 4.78 is 5.06. The molecule has 1 unspecified atom stereocenters. The number of ether oxygens (including phenoxy) is 1. The molecule has 2 heteroatoms. The van der Waals surface area contributed by atoms with Gasteiger partial charge in [-0.2, -0.15) is 0 Å². The summed E-state index contributed by atoms with van der Waals surface area (Å²) in [6, 6.07) is 8.95. The quantitative estimate of drug-likeness (QED) is 0.731. The minimum absolute atomic E-state index is 0.687. The number of nitrogens with one attached hydrogen (secondary N) is 1. The third-order valence-electron chi connectivity index (χ3n) is 3.51. The van der Waals surface area contributed by atoms with Gasteiger partial charge in [-0.05, 0) is 37.2 Å². The predicted octanol–water partition coefficient (Wildman–Crippen LogP) is 2.72. The van der Waals surface area contributed by atoms with Crippen LogP contribution >= 0.6 is 0 Å². The maximum atomic E-state index is 5.06. The van der Waals surface area contributed by atoms with Crippen molar-refractivity contribution >= 4 is 0 Å². The smallest absolute Gasteiger partial charge is 0.0587 e. The molecule has 1 saturated carbocycles. The van der Waals surface area contributed by atoms with Crippen molar-refractivity contribution in [1.82, 2.24) is 5.32 Å². The molecule has 0 spiro atoms. The molecule has 1 fully saturated rings. The van der Waals surface area contributed by atoms with Crippen LogP contribution in [-0.2, 0) is 4.74 Å². The number of methoxy groups -OCH3 is 1. The Morgan fingerprint density at radius 2 is 2.24 bits per heavy atom. The third-order valence-corrected chi connectivity index (χ3v) is 3.51. The van der Waals surface area contributed by atoms with E-state index in [9.17, 15) is 0 Å². The average Bonchev–Trinajstić information content (AvgIpc) is 3.13. The first-order chi connectivity index (χ1) is 8.31. The molecule has 1 aliphatic rings. The monoisotopic (exact) mass is 233 g/mol. The third kappa shape index (κ3) is 3.83. The van der Waals surface area contributed by atoms with Crippen molar-refractivity contribution in [2.45, 2.75) is 25.7 Å².